The number of carbonyl (C=O) groups is 1. The van der Waals surface area contributed by atoms with Crippen LogP contribution in [0, 0.1) is 5.92 Å². The smallest absolute Gasteiger partial charge is 0.223 e. The molecule has 0 unspecified atom stereocenters. The molecule has 4 heteroatoms. The highest BCUT2D eigenvalue weighted by Crippen LogP contribution is 2.20. The van der Waals surface area contributed by atoms with Crippen LogP contribution < -0.4 is 10.6 Å². The number of nitrogens with zero attached hydrogens (tertiary/aromatic N) is 1. The lowest BCUT2D eigenvalue weighted by Crippen LogP contribution is -2.31. The predicted octanol–water partition coefficient (Wildman–Crippen LogP) is 4.75. The van der Waals surface area contributed by atoms with Crippen LogP contribution in [0.2, 0.25) is 0 Å². The summed E-state index contributed by atoms with van der Waals surface area (Å²) >= 11 is 0. The SMILES string of the molecule is C=CCC[C@@H](CCC)C(=O)NCCCCc1ccc2c(n1)NCCC2.[HH].[HH]. The number of rotatable bonds is 11. The lowest BCUT2D eigenvalue weighted by molar-refractivity contribution is -0.125. The molecule has 1 aliphatic rings. The Kier molecular flexibility index (Phi) is 8.50. The average Bonchev–Trinajstić information content (AvgIpc) is 2.64. The van der Waals surface area contributed by atoms with Gasteiger partial charge in [-0.15, -0.1) is 6.58 Å². The molecular formula is C21H37N3O. The highest BCUT2D eigenvalue weighted by molar-refractivity contribution is 5.78. The third-order valence-electron chi connectivity index (χ3n) is 4.84. The van der Waals surface area contributed by atoms with Crippen molar-refractivity contribution in [3.05, 3.63) is 36.0 Å². The van der Waals surface area contributed by atoms with Crippen LogP contribution in [0.5, 0.6) is 0 Å². The van der Waals surface area contributed by atoms with E-state index in [9.17, 15) is 4.79 Å². The number of unbranched alkanes of at least 4 members (excludes halogenated alkanes) is 1. The summed E-state index contributed by atoms with van der Waals surface area (Å²) in [6.45, 7) is 7.67. The van der Waals surface area contributed by atoms with Gasteiger partial charge in [0.15, 0.2) is 0 Å². The maximum absolute atomic E-state index is 12.3. The number of anilines is 1. The standard InChI is InChI=1S/C21H33N3O.2H2/c1-3-5-10-18(9-4-2)21(25)23-15-7-6-12-19-14-13-17-11-8-16-22-20(17)24-19;;/h3,13-14,18H,1,4-12,15-16H2,2H3,(H,22,24)(H,23,25);2*1H/t18-;;/m1../s1. The summed E-state index contributed by atoms with van der Waals surface area (Å²) in [6, 6.07) is 4.36. The minimum Gasteiger partial charge on any atom is -0.370 e. The molecule has 1 aromatic rings. The zero-order valence-electron chi connectivity index (χ0n) is 15.7. The molecule has 0 aliphatic carbocycles. The highest BCUT2D eigenvalue weighted by Gasteiger charge is 2.16. The first-order valence-corrected chi connectivity index (χ1v) is 9.86. The fourth-order valence-electron chi connectivity index (χ4n) is 3.37. The number of aromatic nitrogens is 1. The fourth-order valence-corrected chi connectivity index (χ4v) is 3.37. The molecule has 0 fully saturated rings. The van der Waals surface area contributed by atoms with Crippen LogP contribution in [-0.4, -0.2) is 24.0 Å². The Morgan fingerprint density at radius 3 is 3.12 bits per heavy atom. The first-order valence-electron chi connectivity index (χ1n) is 9.86. The Balaban J connectivity index is 0.00000338. The van der Waals surface area contributed by atoms with Gasteiger partial charge in [0.05, 0.1) is 0 Å². The van der Waals surface area contributed by atoms with Crippen molar-refractivity contribution in [2.45, 2.75) is 64.7 Å². The van der Waals surface area contributed by atoms with E-state index in [0.29, 0.717) is 0 Å². The molecule has 4 nitrogen and oxygen atoms in total. The summed E-state index contributed by atoms with van der Waals surface area (Å²) in [4.78, 5) is 17.0. The average molecular weight is 348 g/mol. The quantitative estimate of drug-likeness (QED) is 0.448. The number of carbonyl (C=O) groups excluding carboxylic acids is 1. The molecule has 25 heavy (non-hydrogen) atoms. The maximum atomic E-state index is 12.3. The van der Waals surface area contributed by atoms with E-state index in [1.54, 1.807) is 0 Å². The zero-order chi connectivity index (χ0) is 17.9. The van der Waals surface area contributed by atoms with E-state index >= 15 is 0 Å². The molecule has 1 aromatic heterocycles. The molecule has 1 atom stereocenters. The largest absolute Gasteiger partial charge is 0.370 e. The van der Waals surface area contributed by atoms with Crippen LogP contribution in [0.15, 0.2) is 24.8 Å². The van der Waals surface area contributed by atoms with Crippen molar-refractivity contribution in [2.75, 3.05) is 18.4 Å². The van der Waals surface area contributed by atoms with Gasteiger partial charge in [-0.25, -0.2) is 4.98 Å². The van der Waals surface area contributed by atoms with Crippen LogP contribution in [0.25, 0.3) is 0 Å². The van der Waals surface area contributed by atoms with Gasteiger partial charge in [-0.05, 0) is 63.0 Å². The van der Waals surface area contributed by atoms with Crippen molar-refractivity contribution in [2.24, 2.45) is 5.92 Å². The highest BCUT2D eigenvalue weighted by atomic mass is 16.1. The zero-order valence-corrected chi connectivity index (χ0v) is 15.7. The number of fused-ring (bicyclic) bond motifs is 1. The number of nitrogens with one attached hydrogen (secondary N) is 2. The Hall–Kier alpha value is -1.84. The monoisotopic (exact) mass is 347 g/mol. The molecule has 0 bridgehead atoms. The van der Waals surface area contributed by atoms with E-state index in [1.807, 2.05) is 6.08 Å². The van der Waals surface area contributed by atoms with Gasteiger partial charge in [0.1, 0.15) is 5.82 Å². The van der Waals surface area contributed by atoms with Crippen molar-refractivity contribution >= 4 is 11.7 Å². The number of hydrogen-bond donors (Lipinski definition) is 2. The van der Waals surface area contributed by atoms with E-state index in [4.69, 9.17) is 4.98 Å². The van der Waals surface area contributed by atoms with Crippen molar-refractivity contribution in [1.82, 2.24) is 10.3 Å². The minimum atomic E-state index is 0. The second kappa shape index (κ2) is 10.9. The van der Waals surface area contributed by atoms with E-state index in [2.05, 4.69) is 36.3 Å². The summed E-state index contributed by atoms with van der Waals surface area (Å²) in [7, 11) is 0. The molecule has 0 saturated heterocycles. The number of amides is 1. The van der Waals surface area contributed by atoms with Crippen LogP contribution in [0.1, 0.15) is 66.0 Å². The summed E-state index contributed by atoms with van der Waals surface area (Å²) in [5.41, 5.74) is 2.48. The number of hydrogen-bond acceptors (Lipinski definition) is 3. The summed E-state index contributed by atoms with van der Waals surface area (Å²) in [5, 5.41) is 6.49. The fraction of sp³-hybridized carbons (Fsp3) is 0.619. The van der Waals surface area contributed by atoms with E-state index in [-0.39, 0.29) is 14.7 Å². The first kappa shape index (κ1) is 19.5. The molecule has 142 valence electrons. The van der Waals surface area contributed by atoms with E-state index < -0.39 is 0 Å². The van der Waals surface area contributed by atoms with Crippen molar-refractivity contribution in [1.29, 1.82) is 0 Å². The molecule has 0 aromatic carbocycles. The molecule has 0 saturated carbocycles. The minimum absolute atomic E-state index is 0. The predicted molar refractivity (Wildman–Crippen MR) is 109 cm³/mol. The number of allylic oxidation sites excluding steroid dienone is 1. The molecule has 2 rings (SSSR count). The summed E-state index contributed by atoms with van der Waals surface area (Å²) in [5.74, 6) is 1.41. The Morgan fingerprint density at radius 2 is 2.32 bits per heavy atom. The van der Waals surface area contributed by atoms with E-state index in [1.165, 1.54) is 12.0 Å². The third-order valence-corrected chi connectivity index (χ3v) is 4.84. The molecule has 1 aliphatic heterocycles. The number of aryl methyl sites for hydroxylation is 2. The van der Waals surface area contributed by atoms with Crippen LogP contribution in [0.4, 0.5) is 5.82 Å². The van der Waals surface area contributed by atoms with Gasteiger partial charge in [0.25, 0.3) is 0 Å². The summed E-state index contributed by atoms with van der Waals surface area (Å²) in [6.07, 6.45) is 11.1. The lowest BCUT2D eigenvalue weighted by Gasteiger charge is -2.17. The normalized spacial score (nSPS) is 14.3. The van der Waals surface area contributed by atoms with Gasteiger partial charge >= 0.3 is 0 Å². The van der Waals surface area contributed by atoms with Gasteiger partial charge < -0.3 is 10.6 Å². The second-order valence-corrected chi connectivity index (χ2v) is 6.94. The Labute approximate surface area is 155 Å². The van der Waals surface area contributed by atoms with Gasteiger partial charge in [-0.3, -0.25) is 4.79 Å². The topological polar surface area (TPSA) is 54.0 Å². The Morgan fingerprint density at radius 1 is 1.44 bits per heavy atom. The van der Waals surface area contributed by atoms with Crippen LogP contribution >= 0.6 is 0 Å². The van der Waals surface area contributed by atoms with Crippen LogP contribution in [0.3, 0.4) is 0 Å². The van der Waals surface area contributed by atoms with E-state index in [0.717, 1.165) is 76.0 Å². The number of pyridine rings is 1. The van der Waals surface area contributed by atoms with Crippen molar-refractivity contribution in [3.63, 3.8) is 0 Å². The van der Waals surface area contributed by atoms with Crippen molar-refractivity contribution < 1.29 is 7.65 Å². The van der Waals surface area contributed by atoms with Gasteiger partial charge in [-0.1, -0.05) is 25.5 Å². The summed E-state index contributed by atoms with van der Waals surface area (Å²) < 4.78 is 0. The van der Waals surface area contributed by atoms with Gasteiger partial charge in [0, 0.05) is 27.6 Å². The second-order valence-electron chi connectivity index (χ2n) is 6.94. The van der Waals surface area contributed by atoms with Gasteiger partial charge in [-0.2, -0.15) is 0 Å². The maximum Gasteiger partial charge on any atom is 0.223 e. The molecule has 0 radical (unpaired) electrons. The third kappa shape index (κ3) is 6.52. The molecular weight excluding hydrogens is 310 g/mol. The molecule has 2 heterocycles. The van der Waals surface area contributed by atoms with Crippen molar-refractivity contribution in [3.8, 4) is 0 Å². The molecule has 1 amide bonds. The van der Waals surface area contributed by atoms with Gasteiger partial charge in [0.2, 0.25) is 5.91 Å². The lowest BCUT2D eigenvalue weighted by atomic mass is 9.97. The first-order chi connectivity index (χ1) is 12.2. The molecule has 2 N–H and O–H groups in total. The molecule has 0 spiro atoms. The van der Waals surface area contributed by atoms with Crippen LogP contribution in [-0.2, 0) is 17.6 Å². The Bertz CT molecular complexity index is 566.